The largest absolute Gasteiger partial charge is 0.411 e. The summed E-state index contributed by atoms with van der Waals surface area (Å²) in [7, 11) is 0. The highest BCUT2D eigenvalue weighted by Crippen LogP contribution is 2.16. The van der Waals surface area contributed by atoms with E-state index in [9.17, 15) is 13.2 Å². The molecule has 0 amide bonds. The maximum atomic E-state index is 12.1. The number of aryl methyl sites for hydroxylation is 1. The van der Waals surface area contributed by atoms with Crippen molar-refractivity contribution in [1.29, 1.82) is 0 Å². The summed E-state index contributed by atoms with van der Waals surface area (Å²) in [5.41, 5.74) is 2.74. The van der Waals surface area contributed by atoms with Crippen molar-refractivity contribution < 1.29 is 17.9 Å². The van der Waals surface area contributed by atoms with Crippen LogP contribution >= 0.6 is 11.3 Å². The Morgan fingerprint density at radius 2 is 1.86 bits per heavy atom. The number of thiazole rings is 1. The Morgan fingerprint density at radius 1 is 1.14 bits per heavy atom. The number of guanidine groups is 1. The first-order valence-electron chi connectivity index (χ1n) is 9.57. The van der Waals surface area contributed by atoms with Gasteiger partial charge in [-0.3, -0.25) is 0 Å². The fourth-order valence-corrected chi connectivity index (χ4v) is 3.25. The van der Waals surface area contributed by atoms with Gasteiger partial charge in [-0.25, -0.2) is 9.98 Å². The number of hydrogen-bond donors (Lipinski definition) is 2. The van der Waals surface area contributed by atoms with Crippen molar-refractivity contribution in [2.24, 2.45) is 4.99 Å². The van der Waals surface area contributed by atoms with Crippen LogP contribution in [-0.2, 0) is 30.7 Å². The van der Waals surface area contributed by atoms with E-state index in [1.807, 2.05) is 19.1 Å². The van der Waals surface area contributed by atoms with Gasteiger partial charge in [0, 0.05) is 24.9 Å². The third-order valence-electron chi connectivity index (χ3n) is 3.90. The number of aliphatic imine (C=N–C) groups is 1. The Kier molecular flexibility index (Phi) is 9.40. The molecule has 160 valence electrons. The summed E-state index contributed by atoms with van der Waals surface area (Å²) in [5.74, 6) is 0.719. The highest BCUT2D eigenvalue weighted by atomic mass is 32.1. The number of halogens is 3. The fourth-order valence-electron chi connectivity index (χ4n) is 2.47. The van der Waals surface area contributed by atoms with E-state index in [2.05, 4.69) is 37.7 Å². The first-order chi connectivity index (χ1) is 13.9. The van der Waals surface area contributed by atoms with Crippen LogP contribution in [0, 0.1) is 0 Å². The van der Waals surface area contributed by atoms with Gasteiger partial charge in [-0.1, -0.05) is 31.2 Å². The molecule has 5 nitrogen and oxygen atoms in total. The Labute approximate surface area is 173 Å². The average molecular weight is 429 g/mol. The second-order valence-corrected chi connectivity index (χ2v) is 7.33. The molecule has 0 aliphatic carbocycles. The summed E-state index contributed by atoms with van der Waals surface area (Å²) in [6, 6.07) is 7.21. The van der Waals surface area contributed by atoms with Crippen LogP contribution in [0.15, 0.2) is 34.6 Å². The molecule has 0 aliphatic heterocycles. The Morgan fingerprint density at radius 3 is 2.48 bits per heavy atom. The van der Waals surface area contributed by atoms with Gasteiger partial charge in [0.1, 0.15) is 6.61 Å². The van der Waals surface area contributed by atoms with Gasteiger partial charge >= 0.3 is 6.18 Å². The third-order valence-corrected chi connectivity index (χ3v) is 4.94. The molecule has 0 saturated heterocycles. The topological polar surface area (TPSA) is 58.5 Å². The number of aromatic nitrogens is 1. The summed E-state index contributed by atoms with van der Waals surface area (Å²) in [6.45, 7) is 4.74. The van der Waals surface area contributed by atoms with E-state index >= 15 is 0 Å². The summed E-state index contributed by atoms with van der Waals surface area (Å²) < 4.78 is 41.0. The van der Waals surface area contributed by atoms with E-state index in [1.54, 1.807) is 23.5 Å². The molecule has 0 spiro atoms. The lowest BCUT2D eigenvalue weighted by Gasteiger charge is -2.11. The van der Waals surface area contributed by atoms with Crippen molar-refractivity contribution in [2.75, 3.05) is 19.7 Å². The zero-order chi connectivity index (χ0) is 21.1. The van der Waals surface area contributed by atoms with Crippen LogP contribution in [0.3, 0.4) is 0 Å². The molecular formula is C20H27F3N4OS. The van der Waals surface area contributed by atoms with E-state index in [0.29, 0.717) is 12.1 Å². The zero-order valence-corrected chi connectivity index (χ0v) is 17.5. The van der Waals surface area contributed by atoms with Crippen LogP contribution < -0.4 is 10.6 Å². The number of benzene rings is 1. The van der Waals surface area contributed by atoms with Gasteiger partial charge in [0.15, 0.2) is 5.96 Å². The molecular weight excluding hydrogens is 401 g/mol. The first kappa shape index (κ1) is 23.2. The van der Waals surface area contributed by atoms with Crippen molar-refractivity contribution in [3.8, 4) is 0 Å². The van der Waals surface area contributed by atoms with Gasteiger partial charge in [-0.05, 0) is 24.5 Å². The molecule has 0 fully saturated rings. The lowest BCUT2D eigenvalue weighted by Crippen LogP contribution is -2.38. The van der Waals surface area contributed by atoms with Gasteiger partial charge in [-0.2, -0.15) is 13.2 Å². The minimum atomic E-state index is -4.30. The SMILES string of the molecule is CCNC(=NCc1ccc(COCC(F)(F)F)cc1)NCCc1csc(CC)n1. The molecule has 0 atom stereocenters. The van der Waals surface area contributed by atoms with Gasteiger partial charge < -0.3 is 15.4 Å². The molecule has 0 unspecified atom stereocenters. The number of alkyl halides is 3. The summed E-state index contributed by atoms with van der Waals surface area (Å²) in [5, 5.41) is 9.73. The molecule has 2 N–H and O–H groups in total. The lowest BCUT2D eigenvalue weighted by atomic mass is 10.1. The predicted octanol–water partition coefficient (Wildman–Crippen LogP) is 4.08. The van der Waals surface area contributed by atoms with Crippen molar-refractivity contribution in [3.63, 3.8) is 0 Å². The Bertz CT molecular complexity index is 760. The normalized spacial score (nSPS) is 12.2. The smallest absolute Gasteiger partial charge is 0.367 e. The van der Waals surface area contributed by atoms with Gasteiger partial charge in [0.25, 0.3) is 0 Å². The summed E-state index contributed by atoms with van der Waals surface area (Å²) >= 11 is 1.68. The van der Waals surface area contributed by atoms with Crippen LogP contribution in [0.25, 0.3) is 0 Å². The third kappa shape index (κ3) is 9.27. The second-order valence-electron chi connectivity index (χ2n) is 6.38. The van der Waals surface area contributed by atoms with Crippen LogP contribution in [-0.4, -0.2) is 36.8 Å². The average Bonchev–Trinajstić information content (AvgIpc) is 3.14. The summed E-state index contributed by atoms with van der Waals surface area (Å²) in [4.78, 5) is 9.11. The maximum absolute atomic E-state index is 12.1. The van der Waals surface area contributed by atoms with Crippen molar-refractivity contribution in [1.82, 2.24) is 15.6 Å². The molecule has 0 radical (unpaired) electrons. The molecule has 1 aromatic heterocycles. The molecule has 9 heteroatoms. The highest BCUT2D eigenvalue weighted by Gasteiger charge is 2.27. The number of nitrogens with zero attached hydrogens (tertiary/aromatic N) is 2. The fraction of sp³-hybridized carbons (Fsp3) is 0.500. The van der Waals surface area contributed by atoms with Crippen LogP contribution in [0.5, 0.6) is 0 Å². The van der Waals surface area contributed by atoms with Crippen LogP contribution in [0.1, 0.15) is 35.7 Å². The van der Waals surface area contributed by atoms with Crippen molar-refractivity contribution in [3.05, 3.63) is 51.5 Å². The van der Waals surface area contributed by atoms with Gasteiger partial charge in [-0.15, -0.1) is 11.3 Å². The molecule has 29 heavy (non-hydrogen) atoms. The van der Waals surface area contributed by atoms with E-state index in [4.69, 9.17) is 0 Å². The van der Waals surface area contributed by atoms with Crippen LogP contribution in [0.2, 0.25) is 0 Å². The zero-order valence-electron chi connectivity index (χ0n) is 16.7. The standard InChI is InChI=1S/C20H27F3N4OS/c1-3-18-27-17(13-29-18)9-10-25-19(24-4-2)26-11-15-5-7-16(8-6-15)12-28-14-20(21,22)23/h5-8,13H,3-4,9-12,14H2,1-2H3,(H2,24,25,26). The summed E-state index contributed by atoms with van der Waals surface area (Å²) in [6.07, 6.45) is -2.52. The van der Waals surface area contributed by atoms with E-state index < -0.39 is 12.8 Å². The maximum Gasteiger partial charge on any atom is 0.411 e. The minimum absolute atomic E-state index is 0.0659. The predicted molar refractivity (Wildman–Crippen MR) is 110 cm³/mol. The van der Waals surface area contributed by atoms with Crippen molar-refractivity contribution in [2.45, 2.75) is 46.0 Å². The number of ether oxygens (including phenoxy) is 1. The lowest BCUT2D eigenvalue weighted by molar-refractivity contribution is -0.176. The Hall–Kier alpha value is -2.13. The van der Waals surface area contributed by atoms with Gasteiger partial charge in [0.2, 0.25) is 0 Å². The number of hydrogen-bond acceptors (Lipinski definition) is 4. The van der Waals surface area contributed by atoms with Crippen molar-refractivity contribution >= 4 is 17.3 Å². The Balaban J connectivity index is 1.80. The monoisotopic (exact) mass is 428 g/mol. The molecule has 1 heterocycles. The van der Waals surface area contributed by atoms with E-state index in [1.165, 1.54) is 0 Å². The quantitative estimate of drug-likeness (QED) is 0.442. The number of rotatable bonds is 10. The molecule has 0 aliphatic rings. The molecule has 0 saturated carbocycles. The minimum Gasteiger partial charge on any atom is -0.367 e. The van der Waals surface area contributed by atoms with E-state index in [-0.39, 0.29) is 6.61 Å². The van der Waals surface area contributed by atoms with E-state index in [0.717, 1.165) is 48.2 Å². The van der Waals surface area contributed by atoms with Crippen LogP contribution in [0.4, 0.5) is 13.2 Å². The number of nitrogens with one attached hydrogen (secondary N) is 2. The molecule has 0 bridgehead atoms. The second kappa shape index (κ2) is 11.8. The van der Waals surface area contributed by atoms with Gasteiger partial charge in [0.05, 0.1) is 23.9 Å². The molecule has 2 rings (SSSR count). The first-order valence-corrected chi connectivity index (χ1v) is 10.4. The highest BCUT2D eigenvalue weighted by molar-refractivity contribution is 7.09. The molecule has 1 aromatic carbocycles. The molecule has 2 aromatic rings.